The summed E-state index contributed by atoms with van der Waals surface area (Å²) in [7, 11) is 1.70. The average molecular weight is 367 g/mol. The van der Waals surface area contributed by atoms with Crippen LogP contribution in [0.5, 0.6) is 5.75 Å². The van der Waals surface area contributed by atoms with Crippen molar-refractivity contribution in [3.8, 4) is 5.75 Å². The molecule has 1 unspecified atom stereocenters. The van der Waals surface area contributed by atoms with Crippen LogP contribution in [0.2, 0.25) is 0 Å². The molecular formula is C21H29N5O. The van der Waals surface area contributed by atoms with Crippen LogP contribution in [0.25, 0.3) is 0 Å². The molecule has 1 aromatic carbocycles. The molecule has 0 N–H and O–H groups in total. The van der Waals surface area contributed by atoms with Crippen LogP contribution in [-0.2, 0) is 0 Å². The Kier molecular flexibility index (Phi) is 5.32. The highest BCUT2D eigenvalue weighted by atomic mass is 16.5. The van der Waals surface area contributed by atoms with E-state index < -0.39 is 0 Å². The summed E-state index contributed by atoms with van der Waals surface area (Å²) in [5.41, 5.74) is 1.25. The quantitative estimate of drug-likeness (QED) is 0.828. The van der Waals surface area contributed by atoms with Gasteiger partial charge in [-0.25, -0.2) is 4.98 Å². The highest BCUT2D eigenvalue weighted by molar-refractivity contribution is 5.52. The Morgan fingerprint density at radius 1 is 0.926 bits per heavy atom. The number of piperazine rings is 1. The lowest BCUT2D eigenvalue weighted by Gasteiger charge is -2.37. The lowest BCUT2D eigenvalue weighted by molar-refractivity contribution is 0.415. The van der Waals surface area contributed by atoms with Crippen LogP contribution in [0.4, 0.5) is 17.5 Å². The number of aromatic nitrogens is 2. The Labute approximate surface area is 161 Å². The predicted octanol–water partition coefficient (Wildman–Crippen LogP) is 3.05. The molecule has 2 saturated heterocycles. The summed E-state index contributed by atoms with van der Waals surface area (Å²) in [5, 5.41) is 0. The van der Waals surface area contributed by atoms with Gasteiger partial charge in [0.05, 0.1) is 7.11 Å². The summed E-state index contributed by atoms with van der Waals surface area (Å²) in [6, 6.07) is 10.4. The molecule has 0 bridgehead atoms. The first-order chi connectivity index (χ1) is 13.2. The van der Waals surface area contributed by atoms with E-state index in [1.807, 2.05) is 24.4 Å². The Morgan fingerprint density at radius 2 is 1.67 bits per heavy atom. The molecule has 0 saturated carbocycles. The van der Waals surface area contributed by atoms with Gasteiger partial charge < -0.3 is 19.4 Å². The molecule has 0 amide bonds. The summed E-state index contributed by atoms with van der Waals surface area (Å²) in [4.78, 5) is 16.6. The number of nitrogens with zero attached hydrogens (tertiary/aromatic N) is 5. The molecule has 2 aliphatic rings. The van der Waals surface area contributed by atoms with Gasteiger partial charge >= 0.3 is 0 Å². The van der Waals surface area contributed by atoms with Crippen molar-refractivity contribution >= 4 is 17.5 Å². The maximum Gasteiger partial charge on any atom is 0.227 e. The Hall–Kier alpha value is -2.50. The zero-order valence-electron chi connectivity index (χ0n) is 16.3. The zero-order chi connectivity index (χ0) is 18.6. The first kappa shape index (κ1) is 17.9. The summed E-state index contributed by atoms with van der Waals surface area (Å²) < 4.78 is 5.25. The molecule has 1 aromatic heterocycles. The molecule has 2 fully saturated rings. The molecule has 4 rings (SSSR count). The Morgan fingerprint density at radius 3 is 2.37 bits per heavy atom. The van der Waals surface area contributed by atoms with Crippen LogP contribution >= 0.6 is 0 Å². The topological polar surface area (TPSA) is 44.7 Å². The van der Waals surface area contributed by atoms with Gasteiger partial charge in [-0.1, -0.05) is 6.92 Å². The lowest BCUT2D eigenvalue weighted by atomic mass is 10.0. The first-order valence-corrected chi connectivity index (χ1v) is 9.95. The fraction of sp³-hybridized carbons (Fsp3) is 0.524. The minimum atomic E-state index is 0.721. The number of methoxy groups -OCH3 is 1. The molecular weight excluding hydrogens is 338 g/mol. The van der Waals surface area contributed by atoms with E-state index in [9.17, 15) is 0 Å². The van der Waals surface area contributed by atoms with Crippen molar-refractivity contribution in [3.63, 3.8) is 0 Å². The predicted molar refractivity (Wildman–Crippen MR) is 110 cm³/mol. The van der Waals surface area contributed by atoms with Gasteiger partial charge in [0.15, 0.2) is 0 Å². The highest BCUT2D eigenvalue weighted by Gasteiger charge is 2.22. The van der Waals surface area contributed by atoms with Gasteiger partial charge in [0.25, 0.3) is 0 Å². The van der Waals surface area contributed by atoms with Crippen molar-refractivity contribution in [1.29, 1.82) is 0 Å². The van der Waals surface area contributed by atoms with Crippen LogP contribution in [-0.4, -0.2) is 56.3 Å². The second kappa shape index (κ2) is 8.03. The smallest absolute Gasteiger partial charge is 0.227 e. The molecule has 3 heterocycles. The minimum Gasteiger partial charge on any atom is -0.497 e. The second-order valence-corrected chi connectivity index (χ2v) is 7.58. The number of anilines is 3. The average Bonchev–Trinajstić information content (AvgIpc) is 2.74. The van der Waals surface area contributed by atoms with Crippen molar-refractivity contribution < 1.29 is 4.74 Å². The van der Waals surface area contributed by atoms with Gasteiger partial charge in [0, 0.05) is 51.2 Å². The number of rotatable bonds is 4. The third kappa shape index (κ3) is 4.10. The van der Waals surface area contributed by atoms with Gasteiger partial charge in [-0.3, -0.25) is 0 Å². The number of hydrogen-bond acceptors (Lipinski definition) is 6. The van der Waals surface area contributed by atoms with E-state index in [0.29, 0.717) is 0 Å². The maximum atomic E-state index is 5.25. The molecule has 6 nitrogen and oxygen atoms in total. The Bertz CT molecular complexity index is 742. The van der Waals surface area contributed by atoms with Crippen LogP contribution < -0.4 is 19.4 Å². The van der Waals surface area contributed by atoms with Crippen molar-refractivity contribution in [3.05, 3.63) is 36.5 Å². The van der Waals surface area contributed by atoms with E-state index in [1.165, 1.54) is 18.5 Å². The fourth-order valence-corrected chi connectivity index (χ4v) is 4.03. The molecule has 0 aliphatic carbocycles. The van der Waals surface area contributed by atoms with Gasteiger partial charge in [-0.2, -0.15) is 4.98 Å². The van der Waals surface area contributed by atoms with E-state index in [0.717, 1.165) is 62.7 Å². The summed E-state index contributed by atoms with van der Waals surface area (Å²) in [6.45, 7) is 8.37. The molecule has 6 heteroatoms. The summed E-state index contributed by atoms with van der Waals surface area (Å²) in [6.07, 6.45) is 4.45. The number of ether oxygens (including phenoxy) is 1. The van der Waals surface area contributed by atoms with E-state index in [2.05, 4.69) is 38.7 Å². The molecule has 27 heavy (non-hydrogen) atoms. The van der Waals surface area contributed by atoms with Gasteiger partial charge in [-0.15, -0.1) is 0 Å². The molecule has 0 radical (unpaired) electrons. The van der Waals surface area contributed by atoms with Crippen molar-refractivity contribution in [1.82, 2.24) is 9.97 Å². The first-order valence-electron chi connectivity index (χ1n) is 9.95. The third-order valence-corrected chi connectivity index (χ3v) is 5.61. The van der Waals surface area contributed by atoms with E-state index >= 15 is 0 Å². The number of hydrogen-bond donors (Lipinski definition) is 0. The van der Waals surface area contributed by atoms with Crippen LogP contribution in [0.1, 0.15) is 19.8 Å². The monoisotopic (exact) mass is 367 g/mol. The van der Waals surface area contributed by atoms with Crippen molar-refractivity contribution in [2.24, 2.45) is 5.92 Å². The van der Waals surface area contributed by atoms with E-state index in [4.69, 9.17) is 9.72 Å². The Balaban J connectivity index is 1.39. The standard InChI is InChI=1S/C21H29N5O/c1-17-4-3-11-26(16-17)21-22-10-9-20(23-21)25-14-12-24(13-15-25)18-5-7-19(27-2)8-6-18/h5-10,17H,3-4,11-16H2,1-2H3. The van der Waals surface area contributed by atoms with Gasteiger partial charge in [0.2, 0.25) is 5.95 Å². The molecule has 2 aliphatic heterocycles. The van der Waals surface area contributed by atoms with Crippen LogP contribution in [0, 0.1) is 5.92 Å². The zero-order valence-corrected chi connectivity index (χ0v) is 16.3. The number of benzene rings is 1. The van der Waals surface area contributed by atoms with Gasteiger partial charge in [0.1, 0.15) is 11.6 Å². The highest BCUT2D eigenvalue weighted by Crippen LogP contribution is 2.24. The van der Waals surface area contributed by atoms with E-state index in [1.54, 1.807) is 7.11 Å². The third-order valence-electron chi connectivity index (χ3n) is 5.61. The van der Waals surface area contributed by atoms with Crippen LogP contribution in [0.3, 0.4) is 0 Å². The molecule has 1 atom stereocenters. The minimum absolute atomic E-state index is 0.721. The summed E-state index contributed by atoms with van der Waals surface area (Å²) in [5.74, 6) is 3.56. The van der Waals surface area contributed by atoms with Crippen LogP contribution in [0.15, 0.2) is 36.5 Å². The van der Waals surface area contributed by atoms with Gasteiger partial charge in [-0.05, 0) is 49.1 Å². The van der Waals surface area contributed by atoms with Crippen molar-refractivity contribution in [2.45, 2.75) is 19.8 Å². The molecule has 144 valence electrons. The lowest BCUT2D eigenvalue weighted by Crippen LogP contribution is -2.47. The summed E-state index contributed by atoms with van der Waals surface area (Å²) >= 11 is 0. The maximum absolute atomic E-state index is 5.25. The van der Waals surface area contributed by atoms with Crippen molar-refractivity contribution in [2.75, 3.05) is 61.1 Å². The SMILES string of the molecule is COc1ccc(N2CCN(c3ccnc(N4CCCC(C)C4)n3)CC2)cc1. The fourth-order valence-electron chi connectivity index (χ4n) is 4.03. The number of piperidine rings is 1. The largest absolute Gasteiger partial charge is 0.497 e. The van der Waals surface area contributed by atoms with E-state index in [-0.39, 0.29) is 0 Å². The molecule has 2 aromatic rings. The second-order valence-electron chi connectivity index (χ2n) is 7.58. The normalized spacial score (nSPS) is 20.7. The molecule has 0 spiro atoms.